The normalized spacial score (nSPS) is 14.6. The number of benzene rings is 1. The van der Waals surface area contributed by atoms with Gasteiger partial charge in [0.1, 0.15) is 5.76 Å². The van der Waals surface area contributed by atoms with Crippen LogP contribution in [0.5, 0.6) is 0 Å². The van der Waals surface area contributed by atoms with Crippen LogP contribution in [0.4, 0.5) is 0 Å². The molecule has 1 aromatic carbocycles. The standard InChI is InChI=1S/C20H22N2O6/c1-13-17(21-18(28-13)14-6-4-3-5-7-14)20(25)27-12-16(23)22-10-8-15(9-11-22)19(24)26-2/h3-7,15H,8-12H2,1-2H3. The molecule has 8 heteroatoms. The first-order valence-electron chi connectivity index (χ1n) is 9.05. The molecule has 8 nitrogen and oxygen atoms in total. The number of hydrogen-bond acceptors (Lipinski definition) is 7. The van der Waals surface area contributed by atoms with Crippen LogP contribution < -0.4 is 0 Å². The molecule has 0 unspecified atom stereocenters. The number of rotatable bonds is 5. The van der Waals surface area contributed by atoms with E-state index in [-0.39, 0.29) is 30.1 Å². The number of nitrogens with zero attached hydrogens (tertiary/aromatic N) is 2. The van der Waals surface area contributed by atoms with Crippen molar-refractivity contribution >= 4 is 17.8 Å². The first kappa shape index (κ1) is 19.6. The van der Waals surface area contributed by atoms with Crippen molar-refractivity contribution in [2.75, 3.05) is 26.8 Å². The van der Waals surface area contributed by atoms with Crippen LogP contribution in [0.2, 0.25) is 0 Å². The van der Waals surface area contributed by atoms with Crippen LogP contribution in [0.3, 0.4) is 0 Å². The van der Waals surface area contributed by atoms with E-state index < -0.39 is 5.97 Å². The molecule has 148 valence electrons. The lowest BCUT2D eigenvalue weighted by Crippen LogP contribution is -2.42. The van der Waals surface area contributed by atoms with E-state index in [0.29, 0.717) is 37.6 Å². The molecular formula is C20H22N2O6. The summed E-state index contributed by atoms with van der Waals surface area (Å²) in [5.74, 6) is -0.807. The highest BCUT2D eigenvalue weighted by atomic mass is 16.5. The summed E-state index contributed by atoms with van der Waals surface area (Å²) in [5.41, 5.74) is 0.797. The number of methoxy groups -OCH3 is 1. The van der Waals surface area contributed by atoms with Gasteiger partial charge in [-0.25, -0.2) is 9.78 Å². The molecule has 0 saturated carbocycles. The Morgan fingerprint density at radius 2 is 1.86 bits per heavy atom. The Hall–Kier alpha value is -3.16. The van der Waals surface area contributed by atoms with E-state index in [1.54, 1.807) is 11.8 Å². The van der Waals surface area contributed by atoms with Gasteiger partial charge >= 0.3 is 11.9 Å². The number of hydrogen-bond donors (Lipinski definition) is 0. The molecule has 0 aliphatic carbocycles. The monoisotopic (exact) mass is 386 g/mol. The molecule has 1 saturated heterocycles. The number of aryl methyl sites for hydroxylation is 1. The van der Waals surface area contributed by atoms with Gasteiger partial charge in [0.15, 0.2) is 12.3 Å². The number of esters is 2. The zero-order chi connectivity index (χ0) is 20.1. The van der Waals surface area contributed by atoms with Crippen molar-refractivity contribution in [3.8, 4) is 11.5 Å². The smallest absolute Gasteiger partial charge is 0.361 e. The SMILES string of the molecule is COC(=O)C1CCN(C(=O)COC(=O)c2nc(-c3ccccc3)oc2C)CC1. The Bertz CT molecular complexity index is 853. The van der Waals surface area contributed by atoms with Gasteiger partial charge in [0, 0.05) is 18.7 Å². The lowest BCUT2D eigenvalue weighted by Gasteiger charge is -2.30. The van der Waals surface area contributed by atoms with Gasteiger partial charge in [-0.05, 0) is 31.9 Å². The fourth-order valence-corrected chi connectivity index (χ4v) is 3.11. The average Bonchev–Trinajstić information content (AvgIpc) is 3.13. The summed E-state index contributed by atoms with van der Waals surface area (Å²) in [5, 5.41) is 0. The van der Waals surface area contributed by atoms with E-state index in [4.69, 9.17) is 13.9 Å². The maximum Gasteiger partial charge on any atom is 0.361 e. The van der Waals surface area contributed by atoms with Gasteiger partial charge in [0.2, 0.25) is 5.89 Å². The maximum atomic E-state index is 12.3. The van der Waals surface area contributed by atoms with Crippen molar-refractivity contribution in [2.45, 2.75) is 19.8 Å². The molecule has 0 N–H and O–H groups in total. The number of likely N-dealkylation sites (tertiary alicyclic amines) is 1. The van der Waals surface area contributed by atoms with Gasteiger partial charge in [-0.15, -0.1) is 0 Å². The van der Waals surface area contributed by atoms with E-state index in [1.165, 1.54) is 7.11 Å². The molecular weight excluding hydrogens is 364 g/mol. The second kappa shape index (κ2) is 8.69. The zero-order valence-corrected chi connectivity index (χ0v) is 15.8. The molecule has 2 heterocycles. The molecule has 28 heavy (non-hydrogen) atoms. The molecule has 1 aliphatic heterocycles. The van der Waals surface area contributed by atoms with E-state index in [0.717, 1.165) is 5.56 Å². The van der Waals surface area contributed by atoms with Crippen molar-refractivity contribution in [3.05, 3.63) is 41.8 Å². The summed E-state index contributed by atoms with van der Waals surface area (Å²) < 4.78 is 15.4. The van der Waals surface area contributed by atoms with Gasteiger partial charge in [0.05, 0.1) is 13.0 Å². The van der Waals surface area contributed by atoms with Crippen LogP contribution in [0.15, 0.2) is 34.7 Å². The quantitative estimate of drug-likeness (QED) is 0.727. The fraction of sp³-hybridized carbons (Fsp3) is 0.400. The summed E-state index contributed by atoms with van der Waals surface area (Å²) in [6, 6.07) is 9.20. The van der Waals surface area contributed by atoms with Crippen molar-refractivity contribution in [2.24, 2.45) is 5.92 Å². The minimum atomic E-state index is -0.707. The predicted octanol–water partition coefficient (Wildman–Crippen LogP) is 2.22. The third-order valence-corrected chi connectivity index (χ3v) is 4.72. The number of carbonyl (C=O) groups is 3. The predicted molar refractivity (Wildman–Crippen MR) is 98.3 cm³/mol. The third kappa shape index (κ3) is 4.39. The fourth-order valence-electron chi connectivity index (χ4n) is 3.11. The molecule has 1 amide bonds. The lowest BCUT2D eigenvalue weighted by molar-refractivity contribution is -0.149. The number of oxazole rings is 1. The van der Waals surface area contributed by atoms with Crippen LogP contribution in [0.1, 0.15) is 29.1 Å². The van der Waals surface area contributed by atoms with Gasteiger partial charge in [-0.1, -0.05) is 18.2 Å². The first-order chi connectivity index (χ1) is 13.5. The van der Waals surface area contributed by atoms with Crippen LogP contribution in [0, 0.1) is 12.8 Å². The number of ether oxygens (including phenoxy) is 2. The van der Waals surface area contributed by atoms with Gasteiger partial charge < -0.3 is 18.8 Å². The zero-order valence-electron chi connectivity index (χ0n) is 15.8. The Balaban J connectivity index is 1.54. The minimum Gasteiger partial charge on any atom is -0.469 e. The highest BCUT2D eigenvalue weighted by Crippen LogP contribution is 2.22. The van der Waals surface area contributed by atoms with Gasteiger partial charge in [0.25, 0.3) is 5.91 Å². The van der Waals surface area contributed by atoms with Crippen LogP contribution >= 0.6 is 0 Å². The minimum absolute atomic E-state index is 0.0519. The summed E-state index contributed by atoms with van der Waals surface area (Å²) >= 11 is 0. The number of aromatic nitrogens is 1. The lowest BCUT2D eigenvalue weighted by atomic mass is 9.97. The summed E-state index contributed by atoms with van der Waals surface area (Å²) in [4.78, 5) is 41.9. The van der Waals surface area contributed by atoms with Crippen molar-refractivity contribution in [1.82, 2.24) is 9.88 Å². The van der Waals surface area contributed by atoms with Crippen molar-refractivity contribution in [1.29, 1.82) is 0 Å². The topological polar surface area (TPSA) is 98.9 Å². The molecule has 1 fully saturated rings. The van der Waals surface area contributed by atoms with Crippen LogP contribution in [-0.4, -0.2) is 54.5 Å². The van der Waals surface area contributed by atoms with Gasteiger partial charge in [-0.2, -0.15) is 0 Å². The highest BCUT2D eigenvalue weighted by molar-refractivity contribution is 5.91. The number of piperidine rings is 1. The average molecular weight is 386 g/mol. The number of carbonyl (C=O) groups excluding carboxylic acids is 3. The van der Waals surface area contributed by atoms with Crippen LogP contribution in [-0.2, 0) is 19.1 Å². The second-order valence-electron chi connectivity index (χ2n) is 6.54. The third-order valence-electron chi connectivity index (χ3n) is 4.72. The highest BCUT2D eigenvalue weighted by Gasteiger charge is 2.28. The Kier molecular flexibility index (Phi) is 6.08. The van der Waals surface area contributed by atoms with Crippen molar-refractivity contribution in [3.63, 3.8) is 0 Å². The molecule has 1 aromatic heterocycles. The van der Waals surface area contributed by atoms with Crippen molar-refractivity contribution < 1.29 is 28.3 Å². The Morgan fingerprint density at radius 1 is 1.18 bits per heavy atom. The van der Waals surface area contributed by atoms with E-state index in [2.05, 4.69) is 4.98 Å². The summed E-state index contributed by atoms with van der Waals surface area (Å²) in [6.45, 7) is 2.10. The Morgan fingerprint density at radius 3 is 2.50 bits per heavy atom. The summed E-state index contributed by atoms with van der Waals surface area (Å²) in [6.07, 6.45) is 1.07. The molecule has 1 aliphatic rings. The van der Waals surface area contributed by atoms with E-state index in [1.807, 2.05) is 30.3 Å². The first-order valence-corrected chi connectivity index (χ1v) is 9.05. The molecule has 0 radical (unpaired) electrons. The van der Waals surface area contributed by atoms with E-state index >= 15 is 0 Å². The largest absolute Gasteiger partial charge is 0.469 e. The molecule has 2 aromatic rings. The summed E-state index contributed by atoms with van der Waals surface area (Å²) in [7, 11) is 1.36. The van der Waals surface area contributed by atoms with Gasteiger partial charge in [-0.3, -0.25) is 9.59 Å². The van der Waals surface area contributed by atoms with Crippen LogP contribution in [0.25, 0.3) is 11.5 Å². The Labute approximate surface area is 162 Å². The number of amides is 1. The molecule has 0 spiro atoms. The molecule has 3 rings (SSSR count). The maximum absolute atomic E-state index is 12.3. The second-order valence-corrected chi connectivity index (χ2v) is 6.54. The molecule has 0 bridgehead atoms. The van der Waals surface area contributed by atoms with E-state index in [9.17, 15) is 14.4 Å². The molecule has 0 atom stereocenters.